The molecule has 0 aromatic heterocycles. The van der Waals surface area contributed by atoms with Crippen LogP contribution in [-0.2, 0) is 9.59 Å². The second-order valence-corrected chi connectivity index (χ2v) is 5.62. The normalized spacial score (nSPS) is 19.3. The molecule has 1 aromatic rings. The highest BCUT2D eigenvalue weighted by Crippen LogP contribution is 2.14. The molecule has 0 saturated carbocycles. The zero-order valence-corrected chi connectivity index (χ0v) is 12.6. The van der Waals surface area contributed by atoms with E-state index in [0.717, 1.165) is 12.0 Å². The van der Waals surface area contributed by atoms with Gasteiger partial charge < -0.3 is 10.2 Å². The zero-order valence-electron chi connectivity index (χ0n) is 12.6. The van der Waals surface area contributed by atoms with Crippen molar-refractivity contribution in [1.29, 1.82) is 0 Å². The van der Waals surface area contributed by atoms with Crippen molar-refractivity contribution in [1.82, 2.24) is 10.2 Å². The van der Waals surface area contributed by atoms with Gasteiger partial charge in [-0.2, -0.15) is 0 Å². The highest BCUT2D eigenvalue weighted by Gasteiger charge is 2.29. The average molecular weight is 286 g/mol. The predicted molar refractivity (Wildman–Crippen MR) is 83.2 cm³/mol. The lowest BCUT2D eigenvalue weighted by Crippen LogP contribution is -2.51. The number of nitrogens with zero attached hydrogens (tertiary/aromatic N) is 1. The minimum absolute atomic E-state index is 0.0255. The van der Waals surface area contributed by atoms with Crippen LogP contribution >= 0.6 is 0 Å². The molecule has 1 aliphatic heterocycles. The lowest BCUT2D eigenvalue weighted by Gasteiger charge is -2.30. The number of hydrogen-bond donors (Lipinski definition) is 1. The van der Waals surface area contributed by atoms with E-state index >= 15 is 0 Å². The third-order valence-electron chi connectivity index (χ3n) is 3.56. The largest absolute Gasteiger partial charge is 0.344 e. The molecule has 1 unspecified atom stereocenters. The molecule has 1 aromatic carbocycles. The first-order chi connectivity index (χ1) is 10.1. The van der Waals surface area contributed by atoms with Gasteiger partial charge in [0, 0.05) is 18.7 Å². The molecule has 1 aliphatic rings. The smallest absolute Gasteiger partial charge is 0.249 e. The van der Waals surface area contributed by atoms with Crippen molar-refractivity contribution in [2.45, 2.75) is 32.7 Å². The summed E-state index contributed by atoms with van der Waals surface area (Å²) in [4.78, 5) is 25.8. The SMILES string of the molecule is CC(C)C(=O)NC1CCCN(C=Cc2ccccc2)C1=O. The number of piperidine rings is 1. The molecule has 2 amide bonds. The Bertz CT molecular complexity index is 523. The number of benzene rings is 1. The van der Waals surface area contributed by atoms with Crippen LogP contribution in [0.4, 0.5) is 0 Å². The molecule has 1 saturated heterocycles. The molecule has 1 heterocycles. The van der Waals surface area contributed by atoms with Crippen LogP contribution in [0.1, 0.15) is 32.3 Å². The maximum Gasteiger partial charge on any atom is 0.249 e. The highest BCUT2D eigenvalue weighted by molar-refractivity contribution is 5.89. The van der Waals surface area contributed by atoms with Crippen LogP contribution in [0.15, 0.2) is 36.5 Å². The van der Waals surface area contributed by atoms with Gasteiger partial charge in [-0.15, -0.1) is 0 Å². The van der Waals surface area contributed by atoms with Crippen molar-refractivity contribution in [2.24, 2.45) is 5.92 Å². The van der Waals surface area contributed by atoms with Crippen molar-refractivity contribution in [2.75, 3.05) is 6.54 Å². The first-order valence-electron chi connectivity index (χ1n) is 7.42. The summed E-state index contributed by atoms with van der Waals surface area (Å²) in [5.74, 6) is -0.197. The molecule has 4 heteroatoms. The third-order valence-corrected chi connectivity index (χ3v) is 3.56. The fourth-order valence-corrected chi connectivity index (χ4v) is 2.26. The van der Waals surface area contributed by atoms with E-state index in [0.29, 0.717) is 13.0 Å². The second kappa shape index (κ2) is 7.07. The van der Waals surface area contributed by atoms with E-state index in [9.17, 15) is 9.59 Å². The van der Waals surface area contributed by atoms with Gasteiger partial charge in [0.05, 0.1) is 0 Å². The Kier molecular flexibility index (Phi) is 5.14. The summed E-state index contributed by atoms with van der Waals surface area (Å²) in [7, 11) is 0. The molecule has 1 N–H and O–H groups in total. The Labute approximate surface area is 125 Å². The van der Waals surface area contributed by atoms with Gasteiger partial charge in [0.2, 0.25) is 11.8 Å². The van der Waals surface area contributed by atoms with Crippen LogP contribution in [-0.4, -0.2) is 29.3 Å². The summed E-state index contributed by atoms with van der Waals surface area (Å²) in [5, 5.41) is 2.83. The molecule has 4 nitrogen and oxygen atoms in total. The molecular weight excluding hydrogens is 264 g/mol. The Morgan fingerprint density at radius 3 is 2.71 bits per heavy atom. The number of nitrogens with one attached hydrogen (secondary N) is 1. The van der Waals surface area contributed by atoms with Gasteiger partial charge in [-0.3, -0.25) is 9.59 Å². The van der Waals surface area contributed by atoms with Crippen LogP contribution < -0.4 is 5.32 Å². The number of carbonyl (C=O) groups excluding carboxylic acids is 2. The molecule has 2 rings (SSSR count). The lowest BCUT2D eigenvalue weighted by atomic mass is 10.0. The number of amides is 2. The minimum atomic E-state index is -0.394. The van der Waals surface area contributed by atoms with Crippen molar-refractivity contribution in [3.8, 4) is 0 Å². The first kappa shape index (κ1) is 15.3. The molecule has 0 radical (unpaired) electrons. The van der Waals surface area contributed by atoms with Gasteiger partial charge in [-0.1, -0.05) is 44.2 Å². The summed E-state index contributed by atoms with van der Waals surface area (Å²) >= 11 is 0. The zero-order chi connectivity index (χ0) is 15.2. The molecule has 0 aliphatic carbocycles. The standard InChI is InChI=1S/C17H22N2O2/c1-13(2)16(20)18-15-9-6-11-19(17(15)21)12-10-14-7-4-3-5-8-14/h3-5,7-8,10,12-13,15H,6,9,11H2,1-2H3,(H,18,20). The first-order valence-corrected chi connectivity index (χ1v) is 7.42. The van der Waals surface area contributed by atoms with Crippen molar-refractivity contribution >= 4 is 17.9 Å². The fraction of sp³-hybridized carbons (Fsp3) is 0.412. The van der Waals surface area contributed by atoms with Crippen LogP contribution in [0.25, 0.3) is 6.08 Å². The van der Waals surface area contributed by atoms with Crippen molar-refractivity contribution in [3.05, 3.63) is 42.1 Å². The monoisotopic (exact) mass is 286 g/mol. The van der Waals surface area contributed by atoms with Gasteiger partial charge >= 0.3 is 0 Å². The quantitative estimate of drug-likeness (QED) is 0.924. The van der Waals surface area contributed by atoms with E-state index in [2.05, 4.69) is 5.32 Å². The number of rotatable bonds is 4. The Morgan fingerprint density at radius 2 is 2.05 bits per heavy atom. The maximum absolute atomic E-state index is 12.4. The van der Waals surface area contributed by atoms with Crippen LogP contribution in [0.5, 0.6) is 0 Å². The molecule has 112 valence electrons. The third kappa shape index (κ3) is 4.18. The van der Waals surface area contributed by atoms with Crippen molar-refractivity contribution in [3.63, 3.8) is 0 Å². The van der Waals surface area contributed by atoms with E-state index in [1.165, 1.54) is 0 Å². The topological polar surface area (TPSA) is 49.4 Å². The van der Waals surface area contributed by atoms with E-state index in [-0.39, 0.29) is 17.7 Å². The van der Waals surface area contributed by atoms with Gasteiger partial charge in [0.15, 0.2) is 0 Å². The van der Waals surface area contributed by atoms with Crippen LogP contribution in [0, 0.1) is 5.92 Å². The second-order valence-electron chi connectivity index (χ2n) is 5.62. The van der Waals surface area contributed by atoms with Gasteiger partial charge in [-0.05, 0) is 24.5 Å². The van der Waals surface area contributed by atoms with Crippen LogP contribution in [0.3, 0.4) is 0 Å². The summed E-state index contributed by atoms with van der Waals surface area (Å²) in [6, 6.07) is 9.47. The molecule has 21 heavy (non-hydrogen) atoms. The highest BCUT2D eigenvalue weighted by atomic mass is 16.2. The lowest BCUT2D eigenvalue weighted by molar-refractivity contribution is -0.137. The molecular formula is C17H22N2O2. The van der Waals surface area contributed by atoms with E-state index in [1.807, 2.05) is 56.5 Å². The Balaban J connectivity index is 1.99. The fourth-order valence-electron chi connectivity index (χ4n) is 2.26. The summed E-state index contributed by atoms with van der Waals surface area (Å²) in [5.41, 5.74) is 1.05. The van der Waals surface area contributed by atoms with E-state index in [4.69, 9.17) is 0 Å². The van der Waals surface area contributed by atoms with Gasteiger partial charge in [0.25, 0.3) is 0 Å². The number of carbonyl (C=O) groups is 2. The van der Waals surface area contributed by atoms with E-state index < -0.39 is 6.04 Å². The number of hydrogen-bond acceptors (Lipinski definition) is 2. The van der Waals surface area contributed by atoms with Crippen LogP contribution in [0.2, 0.25) is 0 Å². The minimum Gasteiger partial charge on any atom is -0.344 e. The Morgan fingerprint density at radius 1 is 1.33 bits per heavy atom. The molecule has 1 fully saturated rings. The Hall–Kier alpha value is -2.10. The van der Waals surface area contributed by atoms with Crippen molar-refractivity contribution < 1.29 is 9.59 Å². The molecule has 0 bridgehead atoms. The predicted octanol–water partition coefficient (Wildman–Crippen LogP) is 2.42. The van der Waals surface area contributed by atoms with E-state index in [1.54, 1.807) is 4.90 Å². The average Bonchev–Trinajstić information content (AvgIpc) is 2.49. The summed E-state index contributed by atoms with van der Waals surface area (Å²) < 4.78 is 0. The summed E-state index contributed by atoms with van der Waals surface area (Å²) in [6.45, 7) is 4.36. The summed E-state index contributed by atoms with van der Waals surface area (Å²) in [6.07, 6.45) is 5.34. The number of likely N-dealkylation sites (tertiary alicyclic amines) is 1. The van der Waals surface area contributed by atoms with Gasteiger partial charge in [0.1, 0.15) is 6.04 Å². The maximum atomic E-state index is 12.4. The van der Waals surface area contributed by atoms with Gasteiger partial charge in [-0.25, -0.2) is 0 Å². The molecule has 1 atom stereocenters. The molecule has 0 spiro atoms.